The maximum absolute atomic E-state index is 9.06. The van der Waals surface area contributed by atoms with Gasteiger partial charge in [0.25, 0.3) is 0 Å². The van der Waals surface area contributed by atoms with E-state index in [0.29, 0.717) is 24.2 Å². The molecule has 2 rings (SSSR count). The summed E-state index contributed by atoms with van der Waals surface area (Å²) in [4.78, 5) is 0. The van der Waals surface area contributed by atoms with Crippen LogP contribution in [0.5, 0.6) is 0 Å². The summed E-state index contributed by atoms with van der Waals surface area (Å²) in [7, 11) is 1.66. The van der Waals surface area contributed by atoms with E-state index in [-0.39, 0.29) is 0 Å². The van der Waals surface area contributed by atoms with Gasteiger partial charge >= 0.3 is 0 Å². The lowest BCUT2D eigenvalue weighted by Crippen LogP contribution is -2.30. The van der Waals surface area contributed by atoms with Crippen LogP contribution in [0.1, 0.15) is 29.7 Å². The molecule has 1 aromatic rings. The van der Waals surface area contributed by atoms with E-state index >= 15 is 0 Å². The Bertz CT molecular complexity index is 511. The highest BCUT2D eigenvalue weighted by Gasteiger charge is 2.15. The number of methoxy groups -OCH3 is 1. The number of aryl methyl sites for hydroxylation is 1. The highest BCUT2D eigenvalue weighted by Crippen LogP contribution is 2.20. The van der Waals surface area contributed by atoms with Crippen LogP contribution in [-0.4, -0.2) is 18.3 Å². The summed E-state index contributed by atoms with van der Waals surface area (Å²) in [6.07, 6.45) is 4.39. The third kappa shape index (κ3) is 2.25. The highest BCUT2D eigenvalue weighted by molar-refractivity contribution is 5.34. The van der Waals surface area contributed by atoms with Gasteiger partial charge in [-0.25, -0.2) is 0 Å². The van der Waals surface area contributed by atoms with Crippen LogP contribution >= 0.6 is 0 Å². The number of hydrogen-bond acceptors (Lipinski definition) is 3. The Kier molecular flexibility index (Phi) is 3.60. The molecule has 0 unspecified atom stereocenters. The molecular formula is C13H17N3O. The Morgan fingerprint density at radius 1 is 1.47 bits per heavy atom. The van der Waals surface area contributed by atoms with E-state index in [1.54, 1.807) is 7.11 Å². The van der Waals surface area contributed by atoms with Crippen molar-refractivity contribution < 1.29 is 4.74 Å². The van der Waals surface area contributed by atoms with Crippen molar-refractivity contribution in [3.8, 4) is 6.07 Å². The summed E-state index contributed by atoms with van der Waals surface area (Å²) in [6, 6.07) is 4.00. The van der Waals surface area contributed by atoms with Gasteiger partial charge in [0.1, 0.15) is 11.6 Å². The topological polar surface area (TPSA) is 61.8 Å². The van der Waals surface area contributed by atoms with Crippen LogP contribution in [0.25, 0.3) is 0 Å². The molecule has 1 heterocycles. The average Bonchev–Trinajstić information content (AvgIpc) is 2.37. The number of rotatable bonds is 3. The van der Waals surface area contributed by atoms with Crippen LogP contribution in [0, 0.1) is 16.7 Å². The van der Waals surface area contributed by atoms with Crippen molar-refractivity contribution in [2.45, 2.75) is 32.2 Å². The van der Waals surface area contributed by atoms with Crippen LogP contribution < -0.4 is 5.49 Å². The number of aromatic nitrogens is 1. The predicted molar refractivity (Wildman–Crippen MR) is 63.5 cm³/mol. The van der Waals surface area contributed by atoms with Crippen molar-refractivity contribution >= 4 is 0 Å². The molecule has 0 spiro atoms. The Hall–Kier alpha value is -1.60. The molecule has 0 radical (unpaired) electrons. The molecule has 4 nitrogen and oxygen atoms in total. The highest BCUT2D eigenvalue weighted by atomic mass is 16.5. The van der Waals surface area contributed by atoms with Crippen LogP contribution in [0.4, 0.5) is 0 Å². The van der Waals surface area contributed by atoms with Crippen molar-refractivity contribution in [1.29, 1.82) is 10.7 Å². The normalized spacial score (nSPS) is 14.1. The number of fused-ring (bicyclic) bond motifs is 1. The molecule has 0 fully saturated rings. The van der Waals surface area contributed by atoms with E-state index in [9.17, 15) is 0 Å². The molecule has 0 atom stereocenters. The first-order valence-electron chi connectivity index (χ1n) is 5.97. The van der Waals surface area contributed by atoms with E-state index in [1.165, 1.54) is 24.1 Å². The van der Waals surface area contributed by atoms with Gasteiger partial charge in [-0.3, -0.25) is 5.41 Å². The van der Waals surface area contributed by atoms with Crippen LogP contribution in [0.15, 0.2) is 6.07 Å². The van der Waals surface area contributed by atoms with Gasteiger partial charge in [-0.05, 0) is 37.3 Å². The molecule has 1 N–H and O–H groups in total. The van der Waals surface area contributed by atoms with Crippen LogP contribution in [0.3, 0.4) is 0 Å². The summed E-state index contributed by atoms with van der Waals surface area (Å²) >= 11 is 0. The molecule has 90 valence electrons. The Morgan fingerprint density at radius 3 is 2.94 bits per heavy atom. The lowest BCUT2D eigenvalue weighted by atomic mass is 9.94. The maximum atomic E-state index is 9.06. The lowest BCUT2D eigenvalue weighted by Gasteiger charge is -2.22. The van der Waals surface area contributed by atoms with Crippen molar-refractivity contribution in [1.82, 2.24) is 4.57 Å². The van der Waals surface area contributed by atoms with Gasteiger partial charge in [0.05, 0.1) is 12.2 Å². The van der Waals surface area contributed by atoms with Crippen LogP contribution in [0.2, 0.25) is 0 Å². The Balaban J connectivity index is 2.53. The molecular weight excluding hydrogens is 214 g/mol. The molecule has 4 heteroatoms. The minimum atomic E-state index is 0.324. The van der Waals surface area contributed by atoms with E-state index in [4.69, 9.17) is 15.4 Å². The van der Waals surface area contributed by atoms with Crippen molar-refractivity contribution in [3.63, 3.8) is 0 Å². The molecule has 0 aliphatic heterocycles. The van der Waals surface area contributed by atoms with E-state index in [1.807, 2.05) is 10.6 Å². The molecule has 0 saturated carbocycles. The van der Waals surface area contributed by atoms with Gasteiger partial charge < -0.3 is 9.30 Å². The largest absolute Gasteiger partial charge is 0.383 e. The second-order valence-electron chi connectivity index (χ2n) is 4.34. The van der Waals surface area contributed by atoms with Crippen molar-refractivity contribution in [3.05, 3.63) is 28.4 Å². The zero-order valence-electron chi connectivity index (χ0n) is 10.1. The molecule has 1 aliphatic carbocycles. The van der Waals surface area contributed by atoms with Crippen LogP contribution in [-0.2, 0) is 24.1 Å². The van der Waals surface area contributed by atoms with E-state index in [2.05, 4.69) is 6.07 Å². The number of hydrogen-bond donors (Lipinski definition) is 1. The van der Waals surface area contributed by atoms with E-state index in [0.717, 1.165) is 12.8 Å². The summed E-state index contributed by atoms with van der Waals surface area (Å²) < 4.78 is 7.02. The van der Waals surface area contributed by atoms with Gasteiger partial charge in [-0.1, -0.05) is 0 Å². The number of nitrogens with one attached hydrogen (secondary N) is 1. The quantitative estimate of drug-likeness (QED) is 0.853. The fourth-order valence-corrected chi connectivity index (χ4v) is 2.41. The fraction of sp³-hybridized carbons (Fsp3) is 0.538. The first-order chi connectivity index (χ1) is 8.27. The molecule has 0 bridgehead atoms. The minimum absolute atomic E-state index is 0.324. The van der Waals surface area contributed by atoms with E-state index < -0.39 is 0 Å². The molecule has 17 heavy (non-hydrogen) atoms. The van der Waals surface area contributed by atoms with Gasteiger partial charge in [-0.2, -0.15) is 5.26 Å². The minimum Gasteiger partial charge on any atom is -0.383 e. The SMILES string of the molecule is COCCn1c2c(cc(C#N)c1=N)CCCC2. The smallest absolute Gasteiger partial charge is 0.143 e. The zero-order chi connectivity index (χ0) is 12.3. The second kappa shape index (κ2) is 5.15. The van der Waals surface area contributed by atoms with Gasteiger partial charge in [0, 0.05) is 19.3 Å². The second-order valence-corrected chi connectivity index (χ2v) is 4.34. The summed E-state index contributed by atoms with van der Waals surface area (Å²) in [5.41, 5.74) is 3.25. The van der Waals surface area contributed by atoms with Gasteiger partial charge in [-0.15, -0.1) is 0 Å². The average molecular weight is 231 g/mol. The fourth-order valence-electron chi connectivity index (χ4n) is 2.41. The zero-order valence-corrected chi connectivity index (χ0v) is 10.1. The van der Waals surface area contributed by atoms with Crippen molar-refractivity contribution in [2.75, 3.05) is 13.7 Å². The number of nitrogens with zero attached hydrogens (tertiary/aromatic N) is 2. The first-order valence-corrected chi connectivity index (χ1v) is 5.97. The molecule has 1 aromatic heterocycles. The molecule has 0 aromatic carbocycles. The predicted octanol–water partition coefficient (Wildman–Crippen LogP) is 1.36. The van der Waals surface area contributed by atoms with Gasteiger partial charge in [0.15, 0.2) is 0 Å². The molecule has 0 saturated heterocycles. The molecule has 1 aliphatic rings. The summed E-state index contributed by atoms with van der Waals surface area (Å²) in [5.74, 6) is 0. The Morgan fingerprint density at radius 2 is 2.24 bits per heavy atom. The molecule has 0 amide bonds. The number of nitriles is 1. The summed E-state index contributed by atoms with van der Waals surface area (Å²) in [6.45, 7) is 1.24. The monoisotopic (exact) mass is 231 g/mol. The third-order valence-electron chi connectivity index (χ3n) is 3.29. The standard InChI is InChI=1S/C13H17N3O/c1-17-7-6-16-12-5-3-2-4-10(12)8-11(9-14)13(16)15/h8,15H,2-7H2,1H3. The lowest BCUT2D eigenvalue weighted by molar-refractivity contribution is 0.184. The van der Waals surface area contributed by atoms with Gasteiger partial charge in [0.2, 0.25) is 0 Å². The first kappa shape index (κ1) is 11.9. The number of pyridine rings is 1. The number of ether oxygens (including phenoxy) is 1. The Labute approximate surface area is 101 Å². The third-order valence-corrected chi connectivity index (χ3v) is 3.29. The maximum Gasteiger partial charge on any atom is 0.143 e. The van der Waals surface area contributed by atoms with Crippen molar-refractivity contribution in [2.24, 2.45) is 0 Å². The summed E-state index contributed by atoms with van der Waals surface area (Å²) in [5, 5.41) is 17.1.